The molecular formula is C34H52O7. The summed E-state index contributed by atoms with van der Waals surface area (Å²) >= 11 is 0. The molecule has 2 fully saturated rings. The molecule has 1 aliphatic heterocycles. The summed E-state index contributed by atoms with van der Waals surface area (Å²) in [6, 6.07) is 6.14. The second kappa shape index (κ2) is 15.9. The minimum Gasteiger partial charge on any atom is -0.482 e. The Kier molecular flexibility index (Phi) is 12.4. The molecule has 4 rings (SSSR count). The molecule has 1 aromatic rings. The fourth-order valence-electron chi connectivity index (χ4n) is 7.11. The van der Waals surface area contributed by atoms with E-state index in [0.29, 0.717) is 24.2 Å². The zero-order chi connectivity index (χ0) is 29.2. The predicted octanol–water partition coefficient (Wildman–Crippen LogP) is 6.82. The molecule has 0 bridgehead atoms. The van der Waals surface area contributed by atoms with Gasteiger partial charge in [-0.25, -0.2) is 4.79 Å². The van der Waals surface area contributed by atoms with Crippen molar-refractivity contribution in [2.75, 3.05) is 20.3 Å². The molecule has 1 saturated heterocycles. The molecule has 0 amide bonds. The average molecular weight is 573 g/mol. The van der Waals surface area contributed by atoms with Crippen molar-refractivity contribution in [3.05, 3.63) is 29.3 Å². The van der Waals surface area contributed by atoms with Crippen molar-refractivity contribution >= 4 is 11.9 Å². The number of fused-ring (bicyclic) bond motifs is 2. The molecule has 0 N–H and O–H groups in total. The predicted molar refractivity (Wildman–Crippen MR) is 158 cm³/mol. The Morgan fingerprint density at radius 2 is 1.93 bits per heavy atom. The third-order valence-electron chi connectivity index (χ3n) is 9.18. The standard InChI is InChI=1S/C34H52O7/c1-5-6-7-12-26(40-34-14-8-9-17-38-34)15-16-27-28-19-24-11-10-13-30(39-22-33(36)37-4)29(24)20-25(28)21-31(27)41-32(35)18-23(2)3/h10-11,13,23,25-28,31,34H,5-9,12,14-22H2,1-4H3/t25-,26-,27+,28-,31+,34?/m0/s1. The van der Waals surface area contributed by atoms with Crippen LogP contribution in [-0.2, 0) is 41.4 Å². The lowest BCUT2D eigenvalue weighted by molar-refractivity contribution is -0.191. The third kappa shape index (κ3) is 9.18. The van der Waals surface area contributed by atoms with Crippen LogP contribution in [0.25, 0.3) is 0 Å². The topological polar surface area (TPSA) is 80.3 Å². The lowest BCUT2D eigenvalue weighted by Gasteiger charge is -2.33. The zero-order valence-corrected chi connectivity index (χ0v) is 25.7. The van der Waals surface area contributed by atoms with Crippen LogP contribution >= 0.6 is 0 Å². The van der Waals surface area contributed by atoms with Gasteiger partial charge < -0.3 is 23.7 Å². The molecule has 7 nitrogen and oxygen atoms in total. The number of methoxy groups -OCH3 is 1. The minimum atomic E-state index is -0.385. The van der Waals surface area contributed by atoms with E-state index in [-0.39, 0.29) is 43.0 Å². The summed E-state index contributed by atoms with van der Waals surface area (Å²) in [5.41, 5.74) is 2.46. The van der Waals surface area contributed by atoms with Gasteiger partial charge in [-0.05, 0) is 98.7 Å². The smallest absolute Gasteiger partial charge is 0.343 e. The number of rotatable bonds is 15. The molecule has 1 saturated carbocycles. The minimum absolute atomic E-state index is 0.0766. The molecule has 3 aliphatic rings. The van der Waals surface area contributed by atoms with Gasteiger partial charge in [-0.3, -0.25) is 4.79 Å². The molecule has 7 heteroatoms. The number of hydrogen-bond donors (Lipinski definition) is 0. The fraction of sp³-hybridized carbons (Fsp3) is 0.765. The van der Waals surface area contributed by atoms with Crippen molar-refractivity contribution in [2.24, 2.45) is 23.7 Å². The molecule has 41 heavy (non-hydrogen) atoms. The maximum Gasteiger partial charge on any atom is 0.343 e. The highest BCUT2D eigenvalue weighted by Crippen LogP contribution is 2.49. The molecule has 230 valence electrons. The van der Waals surface area contributed by atoms with Crippen LogP contribution in [0.1, 0.15) is 103 Å². The summed E-state index contributed by atoms with van der Waals surface area (Å²) in [6.07, 6.45) is 13.0. The lowest BCUT2D eigenvalue weighted by Crippen LogP contribution is -2.32. The summed E-state index contributed by atoms with van der Waals surface area (Å²) in [5.74, 6) is 1.72. The van der Waals surface area contributed by atoms with E-state index in [1.54, 1.807) is 0 Å². The summed E-state index contributed by atoms with van der Waals surface area (Å²) in [6.45, 7) is 7.05. The van der Waals surface area contributed by atoms with Gasteiger partial charge in [0, 0.05) is 13.0 Å². The molecule has 0 spiro atoms. The van der Waals surface area contributed by atoms with Crippen LogP contribution in [-0.4, -0.2) is 50.8 Å². The van der Waals surface area contributed by atoms with E-state index < -0.39 is 0 Å². The van der Waals surface area contributed by atoms with Gasteiger partial charge in [-0.15, -0.1) is 0 Å². The van der Waals surface area contributed by atoms with Crippen molar-refractivity contribution in [1.82, 2.24) is 0 Å². The second-order valence-corrected chi connectivity index (χ2v) is 12.7. The van der Waals surface area contributed by atoms with Crippen LogP contribution in [0.5, 0.6) is 5.75 Å². The Labute approximate surface area is 247 Å². The normalized spacial score (nSPS) is 26.2. The van der Waals surface area contributed by atoms with Crippen LogP contribution in [0.3, 0.4) is 0 Å². The molecule has 1 unspecified atom stereocenters. The molecule has 0 radical (unpaired) electrons. The van der Waals surface area contributed by atoms with E-state index in [2.05, 4.69) is 26.8 Å². The summed E-state index contributed by atoms with van der Waals surface area (Å²) < 4.78 is 29.4. The van der Waals surface area contributed by atoms with Gasteiger partial charge in [0.2, 0.25) is 0 Å². The highest BCUT2D eigenvalue weighted by atomic mass is 16.7. The van der Waals surface area contributed by atoms with Crippen LogP contribution in [0.15, 0.2) is 18.2 Å². The second-order valence-electron chi connectivity index (χ2n) is 12.7. The van der Waals surface area contributed by atoms with Gasteiger partial charge in [0.05, 0.1) is 13.2 Å². The molecule has 1 aromatic carbocycles. The van der Waals surface area contributed by atoms with Crippen LogP contribution in [0, 0.1) is 23.7 Å². The fourth-order valence-corrected chi connectivity index (χ4v) is 7.11. The van der Waals surface area contributed by atoms with E-state index in [1.165, 1.54) is 37.5 Å². The number of unbranched alkanes of at least 4 members (excludes halogenated alkanes) is 2. The van der Waals surface area contributed by atoms with Gasteiger partial charge in [-0.1, -0.05) is 52.2 Å². The summed E-state index contributed by atoms with van der Waals surface area (Å²) in [5, 5.41) is 0. The Balaban J connectivity index is 1.48. The van der Waals surface area contributed by atoms with Gasteiger partial charge >= 0.3 is 11.9 Å². The third-order valence-corrected chi connectivity index (χ3v) is 9.18. The number of carbonyl (C=O) groups excluding carboxylic acids is 2. The van der Waals surface area contributed by atoms with Crippen molar-refractivity contribution in [3.63, 3.8) is 0 Å². The molecule has 1 heterocycles. The van der Waals surface area contributed by atoms with E-state index in [0.717, 1.165) is 70.1 Å². The molecule has 0 aromatic heterocycles. The van der Waals surface area contributed by atoms with Crippen LogP contribution < -0.4 is 4.74 Å². The van der Waals surface area contributed by atoms with E-state index in [4.69, 9.17) is 23.7 Å². The maximum atomic E-state index is 12.9. The average Bonchev–Trinajstić information content (AvgIpc) is 3.28. The quantitative estimate of drug-likeness (QED) is 0.169. The zero-order valence-electron chi connectivity index (χ0n) is 25.7. The van der Waals surface area contributed by atoms with E-state index in [9.17, 15) is 9.59 Å². The van der Waals surface area contributed by atoms with Gasteiger partial charge in [0.15, 0.2) is 12.9 Å². The highest BCUT2D eigenvalue weighted by molar-refractivity contribution is 5.71. The van der Waals surface area contributed by atoms with E-state index >= 15 is 0 Å². The number of hydrogen-bond acceptors (Lipinski definition) is 7. The molecular weight excluding hydrogens is 520 g/mol. The first kappa shape index (κ1) is 31.8. The van der Waals surface area contributed by atoms with Gasteiger partial charge in [-0.2, -0.15) is 0 Å². The number of ether oxygens (including phenoxy) is 5. The maximum absolute atomic E-state index is 12.9. The van der Waals surface area contributed by atoms with Gasteiger partial charge in [0.1, 0.15) is 11.9 Å². The van der Waals surface area contributed by atoms with Crippen LogP contribution in [0.2, 0.25) is 0 Å². The first-order valence-corrected chi connectivity index (χ1v) is 16.1. The summed E-state index contributed by atoms with van der Waals surface area (Å²) in [4.78, 5) is 24.6. The van der Waals surface area contributed by atoms with Crippen molar-refractivity contribution < 1.29 is 33.3 Å². The number of esters is 2. The first-order chi connectivity index (χ1) is 19.9. The Morgan fingerprint density at radius 3 is 2.66 bits per heavy atom. The summed E-state index contributed by atoms with van der Waals surface area (Å²) in [7, 11) is 1.37. The van der Waals surface area contributed by atoms with Crippen molar-refractivity contribution in [3.8, 4) is 5.75 Å². The number of carbonyl (C=O) groups is 2. The van der Waals surface area contributed by atoms with Crippen LogP contribution in [0.4, 0.5) is 0 Å². The number of benzene rings is 1. The largest absolute Gasteiger partial charge is 0.482 e. The molecule has 6 atom stereocenters. The van der Waals surface area contributed by atoms with Crippen molar-refractivity contribution in [2.45, 2.75) is 123 Å². The van der Waals surface area contributed by atoms with Crippen molar-refractivity contribution in [1.29, 1.82) is 0 Å². The Bertz CT molecular complexity index is 970. The monoisotopic (exact) mass is 572 g/mol. The first-order valence-electron chi connectivity index (χ1n) is 16.1. The SMILES string of the molecule is CCCCC[C@@H](CC[C@@H]1[C@H]2Cc3cccc(OCC(=O)OC)c3C[C@H]2C[C@H]1OC(=O)CC(C)C)OC1CCCCO1. The van der Waals surface area contributed by atoms with E-state index in [1.807, 2.05) is 12.1 Å². The molecule has 2 aliphatic carbocycles. The highest BCUT2D eigenvalue weighted by Gasteiger charge is 2.47. The van der Waals surface area contributed by atoms with Gasteiger partial charge in [0.25, 0.3) is 0 Å². The Morgan fingerprint density at radius 1 is 1.07 bits per heavy atom. The Hall–Kier alpha value is -2.12. The lowest BCUT2D eigenvalue weighted by atomic mass is 9.73.